The molecule has 0 saturated carbocycles. The summed E-state index contributed by atoms with van der Waals surface area (Å²) in [4.78, 5) is 15.6. The third kappa shape index (κ3) is 3.01. The van der Waals surface area contributed by atoms with Crippen molar-refractivity contribution >= 4 is 17.3 Å². The SMILES string of the molecule is CNC(=O)c1ccc(NCc2ncn(C)n2)c(N)c1. The Hall–Kier alpha value is -2.57. The van der Waals surface area contributed by atoms with E-state index in [1.807, 2.05) is 7.05 Å². The van der Waals surface area contributed by atoms with Crippen LogP contribution in [0, 0.1) is 0 Å². The summed E-state index contributed by atoms with van der Waals surface area (Å²) < 4.78 is 1.63. The summed E-state index contributed by atoms with van der Waals surface area (Å²) in [7, 11) is 3.39. The molecule has 0 fully saturated rings. The highest BCUT2D eigenvalue weighted by atomic mass is 16.1. The van der Waals surface area contributed by atoms with Crippen molar-refractivity contribution in [2.45, 2.75) is 6.54 Å². The number of aromatic nitrogens is 3. The van der Waals surface area contributed by atoms with Gasteiger partial charge in [0.1, 0.15) is 6.33 Å². The van der Waals surface area contributed by atoms with Crippen LogP contribution in [0.5, 0.6) is 0 Å². The highest BCUT2D eigenvalue weighted by Crippen LogP contribution is 2.20. The Bertz CT molecular complexity index is 592. The number of hydrogen-bond acceptors (Lipinski definition) is 5. The Morgan fingerprint density at radius 1 is 1.47 bits per heavy atom. The van der Waals surface area contributed by atoms with E-state index < -0.39 is 0 Å². The van der Waals surface area contributed by atoms with Crippen molar-refractivity contribution in [1.82, 2.24) is 20.1 Å². The lowest BCUT2D eigenvalue weighted by Gasteiger charge is -2.09. The molecule has 0 bridgehead atoms. The first-order valence-electron chi connectivity index (χ1n) is 5.80. The zero-order valence-corrected chi connectivity index (χ0v) is 10.8. The van der Waals surface area contributed by atoms with E-state index in [-0.39, 0.29) is 5.91 Å². The summed E-state index contributed by atoms with van der Waals surface area (Å²) in [6.45, 7) is 0.477. The molecule has 0 spiro atoms. The standard InChI is InChI=1S/C12H16N6O/c1-14-12(19)8-3-4-10(9(13)5-8)15-6-11-16-7-18(2)17-11/h3-5,7,15H,6,13H2,1-2H3,(H,14,19). The normalized spacial score (nSPS) is 10.2. The average Bonchev–Trinajstić information content (AvgIpc) is 2.82. The second kappa shape index (κ2) is 5.38. The molecule has 7 heteroatoms. The molecular formula is C12H16N6O. The van der Waals surface area contributed by atoms with Gasteiger partial charge in [-0.05, 0) is 18.2 Å². The molecule has 1 amide bonds. The van der Waals surface area contributed by atoms with E-state index in [9.17, 15) is 4.79 Å². The van der Waals surface area contributed by atoms with Gasteiger partial charge in [-0.15, -0.1) is 0 Å². The van der Waals surface area contributed by atoms with E-state index in [4.69, 9.17) is 5.73 Å². The van der Waals surface area contributed by atoms with Crippen LogP contribution >= 0.6 is 0 Å². The maximum Gasteiger partial charge on any atom is 0.251 e. The monoisotopic (exact) mass is 260 g/mol. The zero-order chi connectivity index (χ0) is 13.8. The molecule has 0 aliphatic rings. The molecule has 0 aliphatic heterocycles. The quantitative estimate of drug-likeness (QED) is 0.690. The van der Waals surface area contributed by atoms with Gasteiger partial charge in [-0.2, -0.15) is 5.10 Å². The summed E-state index contributed by atoms with van der Waals surface area (Å²) in [6, 6.07) is 5.11. The zero-order valence-electron chi connectivity index (χ0n) is 10.8. The van der Waals surface area contributed by atoms with E-state index in [1.54, 1.807) is 36.3 Å². The maximum atomic E-state index is 11.4. The molecule has 2 aromatic rings. The summed E-state index contributed by atoms with van der Waals surface area (Å²) in [5.41, 5.74) is 7.69. The van der Waals surface area contributed by atoms with Crippen LogP contribution in [-0.2, 0) is 13.6 Å². The van der Waals surface area contributed by atoms with Gasteiger partial charge in [0.2, 0.25) is 0 Å². The number of carbonyl (C=O) groups is 1. The molecule has 0 atom stereocenters. The van der Waals surface area contributed by atoms with Crippen LogP contribution in [0.4, 0.5) is 11.4 Å². The third-order valence-corrected chi connectivity index (χ3v) is 2.62. The number of amides is 1. The van der Waals surface area contributed by atoms with Gasteiger partial charge >= 0.3 is 0 Å². The fraction of sp³-hybridized carbons (Fsp3) is 0.250. The minimum absolute atomic E-state index is 0.162. The molecule has 0 radical (unpaired) electrons. The molecule has 100 valence electrons. The molecule has 0 aliphatic carbocycles. The first-order chi connectivity index (χ1) is 9.10. The van der Waals surface area contributed by atoms with Crippen molar-refractivity contribution in [1.29, 1.82) is 0 Å². The number of hydrogen-bond donors (Lipinski definition) is 3. The lowest BCUT2D eigenvalue weighted by Crippen LogP contribution is -2.18. The van der Waals surface area contributed by atoms with Gasteiger partial charge in [0.25, 0.3) is 5.91 Å². The number of anilines is 2. The number of nitrogens with two attached hydrogens (primary N) is 1. The molecule has 0 saturated heterocycles. The van der Waals surface area contributed by atoms with Gasteiger partial charge < -0.3 is 16.4 Å². The van der Waals surface area contributed by atoms with Gasteiger partial charge in [-0.25, -0.2) is 4.98 Å². The lowest BCUT2D eigenvalue weighted by molar-refractivity contribution is 0.0963. The van der Waals surface area contributed by atoms with E-state index in [0.717, 1.165) is 5.69 Å². The Kier molecular flexibility index (Phi) is 3.65. The minimum Gasteiger partial charge on any atom is -0.397 e. The second-order valence-electron chi connectivity index (χ2n) is 4.07. The smallest absolute Gasteiger partial charge is 0.251 e. The van der Waals surface area contributed by atoms with Crippen LogP contribution in [-0.4, -0.2) is 27.7 Å². The van der Waals surface area contributed by atoms with Crippen molar-refractivity contribution in [2.24, 2.45) is 7.05 Å². The van der Waals surface area contributed by atoms with Crippen LogP contribution in [0.25, 0.3) is 0 Å². The van der Waals surface area contributed by atoms with Crippen molar-refractivity contribution in [3.05, 3.63) is 35.9 Å². The molecule has 2 rings (SSSR count). The number of carbonyl (C=O) groups excluding carboxylic acids is 1. The van der Waals surface area contributed by atoms with Gasteiger partial charge in [0, 0.05) is 19.7 Å². The predicted octanol–water partition coefficient (Wildman–Crippen LogP) is 0.369. The van der Waals surface area contributed by atoms with E-state index in [0.29, 0.717) is 23.6 Å². The molecule has 7 nitrogen and oxygen atoms in total. The second-order valence-corrected chi connectivity index (χ2v) is 4.07. The largest absolute Gasteiger partial charge is 0.397 e. The van der Waals surface area contributed by atoms with Crippen LogP contribution in [0.2, 0.25) is 0 Å². The fourth-order valence-corrected chi connectivity index (χ4v) is 1.65. The highest BCUT2D eigenvalue weighted by molar-refractivity contribution is 5.95. The van der Waals surface area contributed by atoms with Crippen LogP contribution in [0.1, 0.15) is 16.2 Å². The summed E-state index contributed by atoms with van der Waals surface area (Å²) in [6.07, 6.45) is 1.63. The number of aryl methyl sites for hydroxylation is 1. The first kappa shape index (κ1) is 12.9. The fourth-order valence-electron chi connectivity index (χ4n) is 1.65. The molecular weight excluding hydrogens is 244 g/mol. The Morgan fingerprint density at radius 2 is 2.26 bits per heavy atom. The van der Waals surface area contributed by atoms with Crippen molar-refractivity contribution in [2.75, 3.05) is 18.1 Å². The van der Waals surface area contributed by atoms with Crippen molar-refractivity contribution < 1.29 is 4.79 Å². The van der Waals surface area contributed by atoms with Gasteiger partial charge in [0.05, 0.1) is 17.9 Å². The van der Waals surface area contributed by atoms with E-state index in [2.05, 4.69) is 20.7 Å². The highest BCUT2D eigenvalue weighted by Gasteiger charge is 2.07. The number of benzene rings is 1. The summed E-state index contributed by atoms with van der Waals surface area (Å²) in [5, 5.41) is 9.84. The van der Waals surface area contributed by atoms with Crippen molar-refractivity contribution in [3.63, 3.8) is 0 Å². The summed E-state index contributed by atoms with van der Waals surface area (Å²) >= 11 is 0. The topological polar surface area (TPSA) is 97.9 Å². The number of nitrogens with zero attached hydrogens (tertiary/aromatic N) is 3. The molecule has 4 N–H and O–H groups in total. The maximum absolute atomic E-state index is 11.4. The van der Waals surface area contributed by atoms with Gasteiger partial charge in [0.15, 0.2) is 5.82 Å². The third-order valence-electron chi connectivity index (χ3n) is 2.62. The van der Waals surface area contributed by atoms with Crippen LogP contribution < -0.4 is 16.4 Å². The van der Waals surface area contributed by atoms with Gasteiger partial charge in [-0.3, -0.25) is 9.48 Å². The van der Waals surface area contributed by atoms with Crippen LogP contribution in [0.3, 0.4) is 0 Å². The van der Waals surface area contributed by atoms with Crippen LogP contribution in [0.15, 0.2) is 24.5 Å². The lowest BCUT2D eigenvalue weighted by atomic mass is 10.1. The molecule has 0 unspecified atom stereocenters. The molecule has 1 heterocycles. The Labute approximate surface area is 110 Å². The minimum atomic E-state index is -0.162. The first-order valence-corrected chi connectivity index (χ1v) is 5.80. The number of nitrogen functional groups attached to an aromatic ring is 1. The van der Waals surface area contributed by atoms with E-state index in [1.165, 1.54) is 0 Å². The van der Waals surface area contributed by atoms with Gasteiger partial charge in [-0.1, -0.05) is 0 Å². The Morgan fingerprint density at radius 3 is 2.84 bits per heavy atom. The van der Waals surface area contributed by atoms with Crippen molar-refractivity contribution in [3.8, 4) is 0 Å². The Balaban J connectivity index is 2.07. The molecule has 1 aromatic carbocycles. The van der Waals surface area contributed by atoms with E-state index >= 15 is 0 Å². The number of rotatable bonds is 4. The summed E-state index contributed by atoms with van der Waals surface area (Å²) in [5.74, 6) is 0.516. The average molecular weight is 260 g/mol. The predicted molar refractivity (Wildman–Crippen MR) is 72.6 cm³/mol. The number of nitrogens with one attached hydrogen (secondary N) is 2. The molecule has 19 heavy (non-hydrogen) atoms. The molecule has 1 aromatic heterocycles.